The normalized spacial score (nSPS) is 11.0. The van der Waals surface area contributed by atoms with Crippen LogP contribution < -0.4 is 10.1 Å². The third-order valence-electron chi connectivity index (χ3n) is 5.27. The number of rotatable bonds is 6. The van der Waals surface area contributed by atoms with Crippen LogP contribution in [-0.4, -0.2) is 30.7 Å². The predicted octanol–water partition coefficient (Wildman–Crippen LogP) is 4.74. The van der Waals surface area contributed by atoms with Gasteiger partial charge in [0.05, 0.1) is 25.5 Å². The van der Waals surface area contributed by atoms with Gasteiger partial charge >= 0.3 is 5.97 Å². The Bertz CT molecular complexity index is 1280. The molecule has 168 valence electrons. The molecule has 0 aliphatic carbocycles. The van der Waals surface area contributed by atoms with Crippen LogP contribution in [0.4, 0.5) is 5.69 Å². The summed E-state index contributed by atoms with van der Waals surface area (Å²) in [6.07, 6.45) is 1.57. The molecule has 0 aliphatic heterocycles. The fourth-order valence-corrected chi connectivity index (χ4v) is 3.59. The van der Waals surface area contributed by atoms with Crippen LogP contribution in [0, 0.1) is 32.1 Å². The van der Waals surface area contributed by atoms with Gasteiger partial charge in [0.15, 0.2) is 0 Å². The van der Waals surface area contributed by atoms with E-state index in [1.807, 2.05) is 55.7 Å². The Balaban J connectivity index is 1.91. The smallest absolute Gasteiger partial charge is 0.337 e. The van der Waals surface area contributed by atoms with Gasteiger partial charge in [-0.25, -0.2) is 4.79 Å². The molecule has 0 aliphatic rings. The van der Waals surface area contributed by atoms with Gasteiger partial charge < -0.3 is 19.4 Å². The summed E-state index contributed by atoms with van der Waals surface area (Å²) in [6, 6.07) is 16.1. The first kappa shape index (κ1) is 23.4. The molecule has 1 N–H and O–H groups in total. The third kappa shape index (κ3) is 4.96. The minimum atomic E-state index is -0.541. The fourth-order valence-electron chi connectivity index (χ4n) is 3.59. The van der Waals surface area contributed by atoms with E-state index in [4.69, 9.17) is 4.74 Å². The van der Waals surface area contributed by atoms with Crippen LogP contribution in [0.5, 0.6) is 5.75 Å². The van der Waals surface area contributed by atoms with Gasteiger partial charge in [0, 0.05) is 17.1 Å². The quantitative estimate of drug-likeness (QED) is 0.337. The van der Waals surface area contributed by atoms with E-state index in [2.05, 4.69) is 10.1 Å². The van der Waals surface area contributed by atoms with E-state index in [-0.39, 0.29) is 5.57 Å². The van der Waals surface area contributed by atoms with Crippen molar-refractivity contribution in [1.82, 2.24) is 4.57 Å². The molecule has 3 aromatic rings. The highest BCUT2D eigenvalue weighted by molar-refractivity contribution is 6.09. The van der Waals surface area contributed by atoms with E-state index in [0.29, 0.717) is 11.3 Å². The number of nitriles is 1. The molecule has 0 bridgehead atoms. The number of benzene rings is 2. The van der Waals surface area contributed by atoms with Crippen molar-refractivity contribution in [3.05, 3.63) is 82.2 Å². The molecule has 1 amide bonds. The lowest BCUT2D eigenvalue weighted by Gasteiger charge is -2.14. The second kappa shape index (κ2) is 9.88. The number of hydrogen-bond acceptors (Lipinski definition) is 5. The van der Waals surface area contributed by atoms with Crippen molar-refractivity contribution in [3.8, 4) is 17.5 Å². The Morgan fingerprint density at radius 2 is 1.73 bits per heavy atom. The molecule has 3 rings (SSSR count). The van der Waals surface area contributed by atoms with Gasteiger partial charge in [-0.3, -0.25) is 4.79 Å². The van der Waals surface area contributed by atoms with Gasteiger partial charge in [-0.15, -0.1) is 0 Å². The van der Waals surface area contributed by atoms with Crippen LogP contribution in [-0.2, 0) is 9.53 Å². The number of aromatic nitrogens is 1. The van der Waals surface area contributed by atoms with E-state index in [0.717, 1.165) is 34.0 Å². The van der Waals surface area contributed by atoms with Gasteiger partial charge in [-0.05, 0) is 80.4 Å². The molecule has 0 atom stereocenters. The number of carbonyl (C=O) groups excluding carboxylic acids is 2. The van der Waals surface area contributed by atoms with Crippen molar-refractivity contribution in [2.45, 2.75) is 20.8 Å². The van der Waals surface area contributed by atoms with Crippen molar-refractivity contribution in [2.24, 2.45) is 0 Å². The summed E-state index contributed by atoms with van der Waals surface area (Å²) in [4.78, 5) is 24.3. The molecule has 1 aromatic heterocycles. The van der Waals surface area contributed by atoms with Crippen molar-refractivity contribution in [3.63, 3.8) is 0 Å². The SMILES string of the molecule is COC(=O)c1ccc(NC(=O)/C(C#N)=C\c2cc(C)n(-c3cc(C)ccc3OC)c2C)cc1. The average molecular weight is 444 g/mol. The zero-order chi connectivity index (χ0) is 24.1. The van der Waals surface area contributed by atoms with Gasteiger partial charge in [0.2, 0.25) is 0 Å². The van der Waals surface area contributed by atoms with Crippen LogP contribution in [0.25, 0.3) is 11.8 Å². The number of esters is 1. The molecule has 0 unspecified atom stereocenters. The highest BCUT2D eigenvalue weighted by Crippen LogP contribution is 2.30. The molecule has 7 heteroatoms. The average Bonchev–Trinajstić information content (AvgIpc) is 3.09. The molecule has 0 saturated carbocycles. The van der Waals surface area contributed by atoms with Crippen LogP contribution in [0.1, 0.15) is 32.9 Å². The monoisotopic (exact) mass is 443 g/mol. The summed E-state index contributed by atoms with van der Waals surface area (Å²) in [7, 11) is 2.92. The molecule has 0 saturated heterocycles. The van der Waals surface area contributed by atoms with E-state index < -0.39 is 11.9 Å². The molecule has 1 heterocycles. The molecular weight excluding hydrogens is 418 g/mol. The van der Waals surface area contributed by atoms with Crippen LogP contribution in [0.15, 0.2) is 54.1 Å². The number of nitrogens with zero attached hydrogens (tertiary/aromatic N) is 2. The van der Waals surface area contributed by atoms with E-state index >= 15 is 0 Å². The molecule has 0 spiro atoms. The van der Waals surface area contributed by atoms with E-state index in [1.165, 1.54) is 7.11 Å². The molecule has 2 aromatic carbocycles. The molecule has 0 radical (unpaired) electrons. The number of methoxy groups -OCH3 is 2. The highest BCUT2D eigenvalue weighted by atomic mass is 16.5. The summed E-state index contributed by atoms with van der Waals surface area (Å²) in [5, 5.41) is 12.3. The predicted molar refractivity (Wildman–Crippen MR) is 127 cm³/mol. The summed E-state index contributed by atoms with van der Waals surface area (Å²) < 4.78 is 12.2. The zero-order valence-electron chi connectivity index (χ0n) is 19.2. The topological polar surface area (TPSA) is 93.4 Å². The zero-order valence-corrected chi connectivity index (χ0v) is 19.2. The second-order valence-corrected chi connectivity index (χ2v) is 7.53. The number of aryl methyl sites for hydroxylation is 2. The van der Waals surface area contributed by atoms with Crippen LogP contribution >= 0.6 is 0 Å². The van der Waals surface area contributed by atoms with Crippen LogP contribution in [0.2, 0.25) is 0 Å². The lowest BCUT2D eigenvalue weighted by atomic mass is 10.1. The first-order valence-corrected chi connectivity index (χ1v) is 10.2. The minimum Gasteiger partial charge on any atom is -0.495 e. The maximum absolute atomic E-state index is 12.7. The summed E-state index contributed by atoms with van der Waals surface area (Å²) >= 11 is 0. The molecular formula is C26H25N3O4. The third-order valence-corrected chi connectivity index (χ3v) is 5.27. The van der Waals surface area contributed by atoms with Crippen molar-refractivity contribution < 1.29 is 19.1 Å². The van der Waals surface area contributed by atoms with E-state index in [9.17, 15) is 14.9 Å². The summed E-state index contributed by atoms with van der Waals surface area (Å²) in [5.41, 5.74) is 5.34. The van der Waals surface area contributed by atoms with Gasteiger partial charge in [-0.2, -0.15) is 5.26 Å². The number of nitrogens with one attached hydrogen (secondary N) is 1. The number of ether oxygens (including phenoxy) is 2. The fraction of sp³-hybridized carbons (Fsp3) is 0.192. The molecule has 0 fully saturated rings. The minimum absolute atomic E-state index is 0.0384. The van der Waals surface area contributed by atoms with Gasteiger partial charge in [0.25, 0.3) is 5.91 Å². The molecule has 7 nitrogen and oxygen atoms in total. The second-order valence-electron chi connectivity index (χ2n) is 7.53. The Kier molecular flexibility index (Phi) is 6.99. The Hall–Kier alpha value is -4.31. The summed E-state index contributed by atoms with van der Waals surface area (Å²) in [6.45, 7) is 5.90. The summed E-state index contributed by atoms with van der Waals surface area (Å²) in [5.74, 6) is -0.279. The Labute approximate surface area is 192 Å². The van der Waals surface area contributed by atoms with Crippen LogP contribution in [0.3, 0.4) is 0 Å². The lowest BCUT2D eigenvalue weighted by Crippen LogP contribution is -2.13. The largest absolute Gasteiger partial charge is 0.495 e. The highest BCUT2D eigenvalue weighted by Gasteiger charge is 2.16. The van der Waals surface area contributed by atoms with Gasteiger partial charge in [-0.1, -0.05) is 6.07 Å². The molecule has 33 heavy (non-hydrogen) atoms. The number of carbonyl (C=O) groups is 2. The maximum atomic E-state index is 12.7. The number of amides is 1. The maximum Gasteiger partial charge on any atom is 0.337 e. The van der Waals surface area contributed by atoms with Gasteiger partial charge in [0.1, 0.15) is 17.4 Å². The number of hydrogen-bond donors (Lipinski definition) is 1. The standard InChI is InChI=1S/C26H25N3O4/c1-16-6-11-24(32-4)23(12-16)29-17(2)13-20(18(29)3)14-21(15-27)25(30)28-22-9-7-19(8-10-22)26(31)33-5/h6-14H,1-5H3,(H,28,30)/b21-14-. The van der Waals surface area contributed by atoms with Crippen molar-refractivity contribution in [2.75, 3.05) is 19.5 Å². The Morgan fingerprint density at radius 3 is 2.33 bits per heavy atom. The van der Waals surface area contributed by atoms with E-state index in [1.54, 1.807) is 37.5 Å². The van der Waals surface area contributed by atoms with Crippen molar-refractivity contribution >= 4 is 23.6 Å². The number of anilines is 1. The van der Waals surface area contributed by atoms with Crippen molar-refractivity contribution in [1.29, 1.82) is 5.26 Å². The lowest BCUT2D eigenvalue weighted by molar-refractivity contribution is -0.112. The first-order valence-electron chi connectivity index (χ1n) is 10.2. The first-order chi connectivity index (χ1) is 15.8. The Morgan fingerprint density at radius 1 is 1.03 bits per heavy atom.